The highest BCUT2D eigenvalue weighted by molar-refractivity contribution is 7.10. The number of ether oxygens (including phenoxy) is 1. The smallest absolute Gasteiger partial charge is 0.300 e. The van der Waals surface area contributed by atoms with Crippen LogP contribution in [-0.2, 0) is 16.0 Å². The SMILES string of the molecule is CCc1ccc(N2C(=O)C(=O)/C(=C(\O)c3cc(C)cc(C)c3OC)C2c2cccs2)cc1. The number of hydrogen-bond acceptors (Lipinski definition) is 5. The highest BCUT2D eigenvalue weighted by atomic mass is 32.1. The van der Waals surface area contributed by atoms with E-state index in [9.17, 15) is 14.7 Å². The Bertz CT molecular complexity index is 1210. The molecule has 0 spiro atoms. The molecule has 1 saturated heterocycles. The lowest BCUT2D eigenvalue weighted by atomic mass is 9.96. The summed E-state index contributed by atoms with van der Waals surface area (Å²) in [6.07, 6.45) is 0.875. The largest absolute Gasteiger partial charge is 0.507 e. The Morgan fingerprint density at radius 2 is 1.84 bits per heavy atom. The number of nitrogens with zero attached hydrogens (tertiary/aromatic N) is 1. The number of carbonyl (C=O) groups is 2. The summed E-state index contributed by atoms with van der Waals surface area (Å²) in [7, 11) is 1.53. The lowest BCUT2D eigenvalue weighted by Crippen LogP contribution is -2.29. The summed E-state index contributed by atoms with van der Waals surface area (Å²) in [6.45, 7) is 5.85. The standard InChI is InChI=1S/C26H25NO4S/c1-5-17-8-10-18(11-9-17)27-22(20-7-6-12-32-20)21(24(29)26(27)30)23(28)19-14-15(2)13-16(3)25(19)31-4/h6-14,22,28H,5H2,1-4H3/b23-21-. The minimum Gasteiger partial charge on any atom is -0.507 e. The third-order valence-corrected chi connectivity index (χ3v) is 6.68. The summed E-state index contributed by atoms with van der Waals surface area (Å²) in [5.41, 5.74) is 3.99. The molecule has 3 aromatic rings. The van der Waals surface area contributed by atoms with Gasteiger partial charge in [-0.15, -0.1) is 11.3 Å². The molecule has 1 aliphatic rings. The van der Waals surface area contributed by atoms with Gasteiger partial charge >= 0.3 is 0 Å². The Labute approximate surface area is 191 Å². The fraction of sp³-hybridized carbons (Fsp3) is 0.231. The van der Waals surface area contributed by atoms with Crippen LogP contribution in [0.1, 0.15) is 40.1 Å². The van der Waals surface area contributed by atoms with Gasteiger partial charge in [-0.05, 0) is 66.6 Å². The number of aryl methyl sites for hydroxylation is 3. The van der Waals surface area contributed by atoms with Crippen molar-refractivity contribution in [3.8, 4) is 5.75 Å². The van der Waals surface area contributed by atoms with Crippen molar-refractivity contribution >= 4 is 34.5 Å². The summed E-state index contributed by atoms with van der Waals surface area (Å²) in [5.74, 6) is -1.10. The molecule has 32 heavy (non-hydrogen) atoms. The van der Waals surface area contributed by atoms with Crippen molar-refractivity contribution in [2.24, 2.45) is 0 Å². The zero-order valence-electron chi connectivity index (χ0n) is 18.5. The van der Waals surface area contributed by atoms with Gasteiger partial charge in [0.2, 0.25) is 0 Å². The van der Waals surface area contributed by atoms with Crippen molar-refractivity contribution in [1.29, 1.82) is 0 Å². The number of hydrogen-bond donors (Lipinski definition) is 1. The molecule has 5 nitrogen and oxygen atoms in total. The van der Waals surface area contributed by atoms with E-state index in [1.165, 1.54) is 23.3 Å². The lowest BCUT2D eigenvalue weighted by molar-refractivity contribution is -0.132. The van der Waals surface area contributed by atoms with E-state index in [1.54, 1.807) is 6.07 Å². The average molecular weight is 448 g/mol. The van der Waals surface area contributed by atoms with E-state index < -0.39 is 17.7 Å². The lowest BCUT2D eigenvalue weighted by Gasteiger charge is -2.24. The van der Waals surface area contributed by atoms with Crippen LogP contribution < -0.4 is 9.64 Å². The Balaban J connectivity index is 1.95. The molecule has 2 heterocycles. The Kier molecular flexibility index (Phi) is 5.89. The second kappa shape index (κ2) is 8.63. The number of Topliss-reactive ketones (excluding diaryl/α,β-unsaturated/α-hetero) is 1. The predicted molar refractivity (Wildman–Crippen MR) is 127 cm³/mol. The summed E-state index contributed by atoms with van der Waals surface area (Å²) in [5, 5.41) is 13.3. The van der Waals surface area contributed by atoms with E-state index >= 15 is 0 Å². The molecular weight excluding hydrogens is 422 g/mol. The minimum atomic E-state index is -0.715. The molecule has 164 valence electrons. The minimum absolute atomic E-state index is 0.0697. The van der Waals surface area contributed by atoms with Crippen LogP contribution in [0.5, 0.6) is 5.75 Å². The molecular formula is C26H25NO4S. The maximum atomic E-state index is 13.3. The van der Waals surface area contributed by atoms with Crippen molar-refractivity contribution < 1.29 is 19.4 Å². The van der Waals surface area contributed by atoms with Crippen LogP contribution in [0, 0.1) is 13.8 Å². The third kappa shape index (κ3) is 3.60. The Morgan fingerprint density at radius 1 is 1.12 bits per heavy atom. The normalized spacial score (nSPS) is 17.8. The van der Waals surface area contributed by atoms with Gasteiger partial charge in [0.15, 0.2) is 0 Å². The van der Waals surface area contributed by atoms with E-state index in [0.29, 0.717) is 17.0 Å². The second-order valence-electron chi connectivity index (χ2n) is 7.87. The third-order valence-electron chi connectivity index (χ3n) is 5.76. The first-order valence-corrected chi connectivity index (χ1v) is 11.3. The average Bonchev–Trinajstić information content (AvgIpc) is 3.40. The van der Waals surface area contributed by atoms with Gasteiger partial charge in [-0.2, -0.15) is 0 Å². The molecule has 0 bridgehead atoms. The molecule has 0 saturated carbocycles. The number of rotatable bonds is 5. The molecule has 1 aliphatic heterocycles. The number of carbonyl (C=O) groups excluding carboxylic acids is 2. The van der Waals surface area contributed by atoms with Crippen LogP contribution >= 0.6 is 11.3 Å². The molecule has 1 amide bonds. The first-order chi connectivity index (χ1) is 15.4. The highest BCUT2D eigenvalue weighted by Crippen LogP contribution is 2.45. The van der Waals surface area contributed by atoms with Crippen LogP contribution in [0.15, 0.2) is 59.5 Å². The van der Waals surface area contributed by atoms with Gasteiger partial charge in [0, 0.05) is 10.6 Å². The molecule has 0 aliphatic carbocycles. The van der Waals surface area contributed by atoms with E-state index in [-0.39, 0.29) is 11.3 Å². The Hall–Kier alpha value is -3.38. The summed E-state index contributed by atoms with van der Waals surface area (Å²) >= 11 is 1.44. The molecule has 0 radical (unpaired) electrons. The van der Waals surface area contributed by atoms with Gasteiger partial charge in [-0.3, -0.25) is 14.5 Å². The highest BCUT2D eigenvalue weighted by Gasteiger charge is 2.47. The maximum absolute atomic E-state index is 13.3. The topological polar surface area (TPSA) is 66.8 Å². The number of methoxy groups -OCH3 is 1. The number of amides is 1. The molecule has 1 N–H and O–H groups in total. The van der Waals surface area contributed by atoms with E-state index in [1.807, 2.05) is 61.7 Å². The molecule has 1 fully saturated rings. The van der Waals surface area contributed by atoms with Crippen LogP contribution in [0.3, 0.4) is 0 Å². The zero-order chi connectivity index (χ0) is 23.0. The number of benzene rings is 2. The van der Waals surface area contributed by atoms with Crippen LogP contribution in [-0.4, -0.2) is 23.9 Å². The fourth-order valence-corrected chi connectivity index (χ4v) is 5.08. The molecule has 1 aromatic heterocycles. The first kappa shape index (κ1) is 21.8. The zero-order valence-corrected chi connectivity index (χ0v) is 19.3. The van der Waals surface area contributed by atoms with Crippen molar-refractivity contribution in [3.63, 3.8) is 0 Å². The van der Waals surface area contributed by atoms with Gasteiger partial charge in [0.25, 0.3) is 11.7 Å². The second-order valence-corrected chi connectivity index (χ2v) is 8.85. The molecule has 6 heteroatoms. The monoisotopic (exact) mass is 447 g/mol. The first-order valence-electron chi connectivity index (χ1n) is 10.5. The Morgan fingerprint density at radius 3 is 2.44 bits per heavy atom. The number of aliphatic hydroxyl groups excluding tert-OH is 1. The number of anilines is 1. The van der Waals surface area contributed by atoms with Gasteiger partial charge in [0.05, 0.1) is 18.2 Å². The molecule has 1 atom stereocenters. The predicted octanol–water partition coefficient (Wildman–Crippen LogP) is 5.56. The molecule has 2 aromatic carbocycles. The molecule has 1 unspecified atom stereocenters. The van der Waals surface area contributed by atoms with Crippen molar-refractivity contribution in [2.75, 3.05) is 12.0 Å². The summed E-state index contributed by atoms with van der Waals surface area (Å²) in [4.78, 5) is 28.7. The number of thiophene rings is 1. The van der Waals surface area contributed by atoms with Gasteiger partial charge in [-0.1, -0.05) is 31.2 Å². The van der Waals surface area contributed by atoms with E-state index in [0.717, 1.165) is 28.0 Å². The fourth-order valence-electron chi connectivity index (χ4n) is 4.25. The summed E-state index contributed by atoms with van der Waals surface area (Å²) < 4.78 is 5.54. The maximum Gasteiger partial charge on any atom is 0.300 e. The van der Waals surface area contributed by atoms with Crippen molar-refractivity contribution in [2.45, 2.75) is 33.2 Å². The van der Waals surface area contributed by atoms with E-state index in [2.05, 4.69) is 6.92 Å². The van der Waals surface area contributed by atoms with Gasteiger partial charge < -0.3 is 9.84 Å². The van der Waals surface area contributed by atoms with Crippen molar-refractivity contribution in [3.05, 3.63) is 86.6 Å². The van der Waals surface area contributed by atoms with Crippen LogP contribution in [0.2, 0.25) is 0 Å². The van der Waals surface area contributed by atoms with E-state index in [4.69, 9.17) is 4.74 Å². The summed E-state index contributed by atoms with van der Waals surface area (Å²) in [6, 6.07) is 14.4. The van der Waals surface area contributed by atoms with Crippen molar-refractivity contribution in [1.82, 2.24) is 0 Å². The van der Waals surface area contributed by atoms with Gasteiger partial charge in [-0.25, -0.2) is 0 Å². The quantitative estimate of drug-likeness (QED) is 0.316. The van der Waals surface area contributed by atoms with Crippen LogP contribution in [0.4, 0.5) is 5.69 Å². The molecule has 4 rings (SSSR count). The van der Waals surface area contributed by atoms with Crippen LogP contribution in [0.25, 0.3) is 5.76 Å². The van der Waals surface area contributed by atoms with Gasteiger partial charge in [0.1, 0.15) is 17.6 Å². The number of ketones is 1. The number of aliphatic hydroxyl groups is 1.